The second-order valence-corrected chi connectivity index (χ2v) is 22.5. The summed E-state index contributed by atoms with van der Waals surface area (Å²) in [5.41, 5.74) is 27.8. The summed E-state index contributed by atoms with van der Waals surface area (Å²) in [6.45, 7) is 12.8. The van der Waals surface area contributed by atoms with Crippen molar-refractivity contribution in [1.82, 2.24) is 4.57 Å². The van der Waals surface area contributed by atoms with Crippen LogP contribution in [0.3, 0.4) is 0 Å². The fourth-order valence-electron chi connectivity index (χ4n) is 13.8. The zero-order valence-electron chi connectivity index (χ0n) is 46.0. The first-order valence-electron chi connectivity index (χ1n) is 28.4. The van der Waals surface area contributed by atoms with Gasteiger partial charge in [0, 0.05) is 38.9 Å². The summed E-state index contributed by atoms with van der Waals surface area (Å²) in [5.74, 6) is 0. The van der Waals surface area contributed by atoms with Crippen LogP contribution >= 0.6 is 0 Å². The van der Waals surface area contributed by atoms with Crippen LogP contribution in [0.5, 0.6) is 0 Å². The fraction of sp³-hybridized carbons (Fsp3) is 0.0500. The molecule has 0 saturated carbocycles. The SMILES string of the molecule is C=Cc1ccc(-c2ccc3c(c2)c2cc(-c4ccc(C=C)cc4)ccc2n3-c2ccc3c(c2)C(c2ccccc2)(c2ccccc2)c2cc(N(c4cccc(-c5ccccc5)c4)c4ccc5c(c4)C(C)(C)c4ccccc4-5)ccc2-3)cc1. The molecule has 388 valence electrons. The van der Waals surface area contributed by atoms with E-state index in [1.165, 1.54) is 99.8 Å². The molecule has 0 N–H and O–H groups in total. The Balaban J connectivity index is 0.957. The lowest BCUT2D eigenvalue weighted by Gasteiger charge is -2.35. The van der Waals surface area contributed by atoms with Gasteiger partial charge in [0.05, 0.1) is 16.4 Å². The molecule has 2 aliphatic rings. The summed E-state index contributed by atoms with van der Waals surface area (Å²) >= 11 is 0. The van der Waals surface area contributed by atoms with Gasteiger partial charge in [-0.05, 0) is 173 Å². The van der Waals surface area contributed by atoms with E-state index >= 15 is 0 Å². The first kappa shape index (κ1) is 48.8. The Morgan fingerprint density at radius 1 is 0.329 bits per heavy atom. The molecule has 1 aromatic heterocycles. The molecule has 0 fully saturated rings. The largest absolute Gasteiger partial charge is 0.310 e. The van der Waals surface area contributed by atoms with Crippen molar-refractivity contribution in [1.29, 1.82) is 0 Å². The van der Waals surface area contributed by atoms with E-state index in [2.05, 4.69) is 316 Å². The molecule has 0 aliphatic heterocycles. The molecule has 2 aliphatic carbocycles. The van der Waals surface area contributed by atoms with Gasteiger partial charge in [-0.2, -0.15) is 0 Å². The smallest absolute Gasteiger partial charge is 0.0715 e. The predicted octanol–water partition coefficient (Wildman–Crippen LogP) is 21.2. The number of benzene rings is 12. The monoisotopic (exact) mass is 1050 g/mol. The van der Waals surface area contributed by atoms with Gasteiger partial charge in [-0.1, -0.05) is 245 Å². The minimum absolute atomic E-state index is 0.178. The number of nitrogens with zero attached hydrogens (tertiary/aromatic N) is 2. The Bertz CT molecular complexity index is 4510. The van der Waals surface area contributed by atoms with E-state index in [0.717, 1.165) is 44.9 Å². The van der Waals surface area contributed by atoms with E-state index in [1.54, 1.807) is 0 Å². The van der Waals surface area contributed by atoms with Crippen molar-refractivity contribution in [3.05, 3.63) is 337 Å². The van der Waals surface area contributed by atoms with Gasteiger partial charge in [-0.15, -0.1) is 0 Å². The molecule has 0 unspecified atom stereocenters. The maximum atomic E-state index is 4.01. The molecule has 0 saturated heterocycles. The van der Waals surface area contributed by atoms with Crippen LogP contribution in [0.4, 0.5) is 17.1 Å². The Labute approximate surface area is 480 Å². The molecular formula is C80H58N2. The first-order chi connectivity index (χ1) is 40.3. The summed E-state index contributed by atoms with van der Waals surface area (Å²) < 4.78 is 2.49. The number of aromatic nitrogens is 1. The van der Waals surface area contributed by atoms with Crippen molar-refractivity contribution >= 4 is 51.0 Å². The van der Waals surface area contributed by atoms with Crippen LogP contribution in [0.1, 0.15) is 58.4 Å². The van der Waals surface area contributed by atoms with Gasteiger partial charge >= 0.3 is 0 Å². The van der Waals surface area contributed by atoms with E-state index in [-0.39, 0.29) is 5.41 Å². The average Bonchev–Trinajstić information content (AvgIpc) is 3.17. The van der Waals surface area contributed by atoms with Crippen LogP contribution in [0.25, 0.3) is 95.3 Å². The van der Waals surface area contributed by atoms with Crippen LogP contribution in [-0.2, 0) is 10.8 Å². The standard InChI is InChI=1S/C80H58N2/c1-5-53-29-33-56(34-30-53)59-37-45-77-71(48-59)72-49-60(57-35-31-54(6-2)32-36-57)38-46-78(72)82(77)66-41-44-70-69-43-40-65(51-75(69)80(76(70)52-66,61-22-12-8-13-23-61)62-24-14-9-15-25-62)81(63-26-18-21-58(47-63)55-19-10-7-11-20-55)64-39-42-68-67-27-16-17-28-73(67)79(3,4)74(68)50-64/h5-52H,1-2H2,3-4H3. The molecule has 0 radical (unpaired) electrons. The summed E-state index contributed by atoms with van der Waals surface area (Å²) in [6, 6.07) is 104. The molecule has 12 aromatic carbocycles. The highest BCUT2D eigenvalue weighted by atomic mass is 15.1. The van der Waals surface area contributed by atoms with Crippen LogP contribution in [0.15, 0.2) is 292 Å². The van der Waals surface area contributed by atoms with Gasteiger partial charge in [-0.25, -0.2) is 0 Å². The lowest BCUT2D eigenvalue weighted by molar-refractivity contribution is 0.660. The van der Waals surface area contributed by atoms with E-state index in [9.17, 15) is 0 Å². The number of anilines is 3. The molecule has 2 heteroatoms. The maximum Gasteiger partial charge on any atom is 0.0715 e. The molecule has 0 spiro atoms. The van der Waals surface area contributed by atoms with Crippen molar-refractivity contribution in [3.63, 3.8) is 0 Å². The van der Waals surface area contributed by atoms with Gasteiger partial charge in [0.15, 0.2) is 0 Å². The Hall–Kier alpha value is -10.3. The number of rotatable bonds is 11. The van der Waals surface area contributed by atoms with Gasteiger partial charge in [0.2, 0.25) is 0 Å². The third-order valence-electron chi connectivity index (χ3n) is 17.8. The molecule has 15 rings (SSSR count). The lowest BCUT2D eigenvalue weighted by Crippen LogP contribution is -2.29. The van der Waals surface area contributed by atoms with E-state index in [4.69, 9.17) is 0 Å². The van der Waals surface area contributed by atoms with Gasteiger partial charge in [0.1, 0.15) is 0 Å². The van der Waals surface area contributed by atoms with Gasteiger partial charge < -0.3 is 9.47 Å². The van der Waals surface area contributed by atoms with Crippen LogP contribution in [0.2, 0.25) is 0 Å². The van der Waals surface area contributed by atoms with Gasteiger partial charge in [-0.3, -0.25) is 0 Å². The first-order valence-corrected chi connectivity index (χ1v) is 28.4. The van der Waals surface area contributed by atoms with Crippen LogP contribution in [-0.4, -0.2) is 4.57 Å². The van der Waals surface area contributed by atoms with Crippen molar-refractivity contribution in [2.45, 2.75) is 24.7 Å². The number of fused-ring (bicyclic) bond motifs is 9. The Morgan fingerprint density at radius 2 is 0.756 bits per heavy atom. The number of hydrogen-bond donors (Lipinski definition) is 0. The summed E-state index contributed by atoms with van der Waals surface area (Å²) in [4.78, 5) is 2.49. The molecule has 82 heavy (non-hydrogen) atoms. The predicted molar refractivity (Wildman–Crippen MR) is 347 cm³/mol. The van der Waals surface area contributed by atoms with Crippen molar-refractivity contribution < 1.29 is 0 Å². The normalized spacial score (nSPS) is 13.3. The molecule has 0 atom stereocenters. The third kappa shape index (κ3) is 7.63. The minimum Gasteiger partial charge on any atom is -0.310 e. The summed E-state index contributed by atoms with van der Waals surface area (Å²) in [7, 11) is 0. The molecule has 0 amide bonds. The quantitative estimate of drug-likeness (QED) is 0.125. The Kier molecular flexibility index (Phi) is 11.4. The third-order valence-corrected chi connectivity index (χ3v) is 17.8. The van der Waals surface area contributed by atoms with Crippen molar-refractivity contribution in [3.8, 4) is 61.3 Å². The molecule has 2 nitrogen and oxygen atoms in total. The van der Waals surface area contributed by atoms with Crippen LogP contribution < -0.4 is 4.90 Å². The second-order valence-electron chi connectivity index (χ2n) is 22.5. The highest BCUT2D eigenvalue weighted by Crippen LogP contribution is 2.59. The maximum absolute atomic E-state index is 4.01. The topological polar surface area (TPSA) is 8.17 Å². The Morgan fingerprint density at radius 3 is 1.33 bits per heavy atom. The van der Waals surface area contributed by atoms with E-state index < -0.39 is 5.41 Å². The lowest BCUT2D eigenvalue weighted by atomic mass is 9.67. The number of hydrogen-bond acceptors (Lipinski definition) is 1. The zero-order chi connectivity index (χ0) is 55.1. The average molecular weight is 1050 g/mol. The van der Waals surface area contributed by atoms with Crippen molar-refractivity contribution in [2.75, 3.05) is 4.90 Å². The van der Waals surface area contributed by atoms with Crippen LogP contribution in [0, 0.1) is 0 Å². The molecule has 0 bridgehead atoms. The molecule has 13 aromatic rings. The summed E-state index contributed by atoms with van der Waals surface area (Å²) in [6.07, 6.45) is 3.80. The van der Waals surface area contributed by atoms with Crippen molar-refractivity contribution in [2.24, 2.45) is 0 Å². The minimum atomic E-state index is -0.702. The highest BCUT2D eigenvalue weighted by Gasteiger charge is 2.47. The van der Waals surface area contributed by atoms with Gasteiger partial charge in [0.25, 0.3) is 0 Å². The van der Waals surface area contributed by atoms with E-state index in [1.807, 2.05) is 12.2 Å². The zero-order valence-corrected chi connectivity index (χ0v) is 46.0. The fourth-order valence-corrected chi connectivity index (χ4v) is 13.8. The van der Waals surface area contributed by atoms with E-state index in [0.29, 0.717) is 0 Å². The summed E-state index contributed by atoms with van der Waals surface area (Å²) in [5, 5.41) is 2.40. The molecule has 1 heterocycles. The molecular weight excluding hydrogens is 989 g/mol. The highest BCUT2D eigenvalue weighted by molar-refractivity contribution is 6.12. The second kappa shape index (κ2) is 19.2.